The highest BCUT2D eigenvalue weighted by molar-refractivity contribution is 5.88. The standard InChI is InChI=1S/C20H27N5O3/c1-14-10-16(23-24(14)2)12-22-19(26)11-17-20(27)21-8-9-25(17)13-15-6-4-5-7-18(15)28-3/h4-7,10,17H,8-9,11-13H2,1-3H3,(H,21,27)(H,22,26)/t17-/m1/s1. The van der Waals surface area contributed by atoms with Crippen molar-refractivity contribution in [1.82, 2.24) is 25.3 Å². The number of rotatable bonds is 7. The lowest BCUT2D eigenvalue weighted by molar-refractivity contribution is -0.134. The van der Waals surface area contributed by atoms with Crippen LogP contribution in [0.15, 0.2) is 30.3 Å². The number of para-hydroxylation sites is 1. The van der Waals surface area contributed by atoms with Crippen LogP contribution >= 0.6 is 0 Å². The van der Waals surface area contributed by atoms with Crippen molar-refractivity contribution in [1.29, 1.82) is 0 Å². The lowest BCUT2D eigenvalue weighted by Crippen LogP contribution is -2.56. The minimum atomic E-state index is -0.510. The number of benzene rings is 1. The summed E-state index contributed by atoms with van der Waals surface area (Å²) in [5.74, 6) is 0.488. The maximum Gasteiger partial charge on any atom is 0.237 e. The van der Waals surface area contributed by atoms with Gasteiger partial charge in [0.25, 0.3) is 0 Å². The monoisotopic (exact) mass is 385 g/mol. The molecule has 8 heteroatoms. The number of ether oxygens (including phenoxy) is 1. The number of hydrogen-bond donors (Lipinski definition) is 2. The van der Waals surface area contributed by atoms with Gasteiger partial charge < -0.3 is 15.4 Å². The first kappa shape index (κ1) is 19.9. The van der Waals surface area contributed by atoms with E-state index in [1.165, 1.54) is 0 Å². The van der Waals surface area contributed by atoms with Crippen molar-refractivity contribution in [2.75, 3.05) is 20.2 Å². The maximum absolute atomic E-state index is 12.5. The summed E-state index contributed by atoms with van der Waals surface area (Å²) in [4.78, 5) is 26.9. The highest BCUT2D eigenvalue weighted by Gasteiger charge is 2.32. The van der Waals surface area contributed by atoms with Crippen LogP contribution in [-0.2, 0) is 29.7 Å². The fraction of sp³-hybridized carbons (Fsp3) is 0.450. The number of hydrogen-bond acceptors (Lipinski definition) is 5. The van der Waals surface area contributed by atoms with Crippen molar-refractivity contribution in [3.63, 3.8) is 0 Å². The Morgan fingerprint density at radius 2 is 2.18 bits per heavy atom. The van der Waals surface area contributed by atoms with Crippen molar-refractivity contribution >= 4 is 11.8 Å². The van der Waals surface area contributed by atoms with Crippen molar-refractivity contribution in [2.45, 2.75) is 32.5 Å². The first-order valence-electron chi connectivity index (χ1n) is 9.38. The van der Waals surface area contributed by atoms with Gasteiger partial charge in [-0.3, -0.25) is 19.2 Å². The van der Waals surface area contributed by atoms with Crippen LogP contribution in [0, 0.1) is 6.92 Å². The molecular formula is C20H27N5O3. The molecule has 1 saturated heterocycles. The third-order valence-electron chi connectivity index (χ3n) is 5.02. The summed E-state index contributed by atoms with van der Waals surface area (Å²) in [5, 5.41) is 10.1. The number of nitrogens with zero attached hydrogens (tertiary/aromatic N) is 3. The molecule has 150 valence electrons. The Balaban J connectivity index is 1.63. The van der Waals surface area contributed by atoms with Crippen LogP contribution < -0.4 is 15.4 Å². The first-order chi connectivity index (χ1) is 13.5. The van der Waals surface area contributed by atoms with Gasteiger partial charge in [-0.15, -0.1) is 0 Å². The molecule has 0 bridgehead atoms. The second kappa shape index (κ2) is 8.88. The van der Waals surface area contributed by atoms with Gasteiger partial charge in [0.1, 0.15) is 5.75 Å². The van der Waals surface area contributed by atoms with Gasteiger partial charge in [0.05, 0.1) is 31.8 Å². The van der Waals surface area contributed by atoms with Crippen molar-refractivity contribution in [3.05, 3.63) is 47.3 Å². The first-order valence-corrected chi connectivity index (χ1v) is 9.38. The molecule has 2 heterocycles. The van der Waals surface area contributed by atoms with E-state index in [0.29, 0.717) is 26.2 Å². The third-order valence-corrected chi connectivity index (χ3v) is 5.02. The SMILES string of the molecule is COc1ccccc1CN1CCNC(=O)[C@H]1CC(=O)NCc1cc(C)n(C)n1. The molecule has 0 radical (unpaired) electrons. The lowest BCUT2D eigenvalue weighted by atomic mass is 10.1. The average molecular weight is 385 g/mol. The number of aryl methyl sites for hydroxylation is 2. The summed E-state index contributed by atoms with van der Waals surface area (Å²) >= 11 is 0. The predicted octanol–water partition coefficient (Wildman–Crippen LogP) is 0.744. The van der Waals surface area contributed by atoms with Gasteiger partial charge in [-0.05, 0) is 19.1 Å². The van der Waals surface area contributed by atoms with E-state index in [2.05, 4.69) is 15.7 Å². The summed E-state index contributed by atoms with van der Waals surface area (Å²) < 4.78 is 7.18. The summed E-state index contributed by atoms with van der Waals surface area (Å²) in [7, 11) is 3.49. The molecular weight excluding hydrogens is 358 g/mol. The van der Waals surface area contributed by atoms with Gasteiger partial charge in [0.2, 0.25) is 11.8 Å². The summed E-state index contributed by atoms with van der Waals surface area (Å²) in [6.07, 6.45) is 0.104. The molecule has 0 spiro atoms. The zero-order valence-corrected chi connectivity index (χ0v) is 16.6. The topological polar surface area (TPSA) is 88.5 Å². The molecule has 2 aromatic rings. The molecule has 0 unspecified atom stereocenters. The number of piperazine rings is 1. The van der Waals surface area contributed by atoms with Gasteiger partial charge in [-0.25, -0.2) is 0 Å². The van der Waals surface area contributed by atoms with Gasteiger partial charge in [-0.1, -0.05) is 18.2 Å². The van der Waals surface area contributed by atoms with E-state index >= 15 is 0 Å². The zero-order valence-electron chi connectivity index (χ0n) is 16.6. The number of nitrogens with one attached hydrogen (secondary N) is 2. The number of aromatic nitrogens is 2. The molecule has 3 rings (SSSR count). The molecule has 1 aliphatic rings. The van der Waals surface area contributed by atoms with E-state index in [4.69, 9.17) is 4.74 Å². The molecule has 2 N–H and O–H groups in total. The third kappa shape index (κ3) is 4.69. The quantitative estimate of drug-likeness (QED) is 0.734. The fourth-order valence-corrected chi connectivity index (χ4v) is 3.38. The molecule has 0 saturated carbocycles. The summed E-state index contributed by atoms with van der Waals surface area (Å²) in [5.41, 5.74) is 2.82. The van der Waals surface area contributed by atoms with E-state index in [1.807, 2.05) is 49.2 Å². The fourth-order valence-electron chi connectivity index (χ4n) is 3.38. The Kier molecular flexibility index (Phi) is 6.30. The number of amides is 2. The Labute approximate surface area is 164 Å². The average Bonchev–Trinajstić information content (AvgIpc) is 3.01. The molecule has 1 fully saturated rings. The Morgan fingerprint density at radius 3 is 2.89 bits per heavy atom. The van der Waals surface area contributed by atoms with E-state index in [0.717, 1.165) is 22.7 Å². The Hall–Kier alpha value is -2.87. The zero-order chi connectivity index (χ0) is 20.1. The molecule has 1 aromatic heterocycles. The van der Waals surface area contributed by atoms with Crippen LogP contribution in [0.2, 0.25) is 0 Å². The van der Waals surface area contributed by atoms with Crippen LogP contribution in [-0.4, -0.2) is 52.7 Å². The molecule has 1 atom stereocenters. The summed E-state index contributed by atoms with van der Waals surface area (Å²) in [6, 6.07) is 9.15. The second-order valence-corrected chi connectivity index (χ2v) is 6.97. The second-order valence-electron chi connectivity index (χ2n) is 6.97. The largest absolute Gasteiger partial charge is 0.496 e. The van der Waals surface area contributed by atoms with E-state index in [1.54, 1.807) is 11.8 Å². The molecule has 28 heavy (non-hydrogen) atoms. The normalized spacial score (nSPS) is 17.2. The summed E-state index contributed by atoms with van der Waals surface area (Å²) in [6.45, 7) is 4.11. The van der Waals surface area contributed by atoms with E-state index < -0.39 is 6.04 Å². The van der Waals surface area contributed by atoms with Crippen molar-refractivity contribution < 1.29 is 14.3 Å². The lowest BCUT2D eigenvalue weighted by Gasteiger charge is -2.35. The van der Waals surface area contributed by atoms with Crippen molar-refractivity contribution in [2.24, 2.45) is 7.05 Å². The van der Waals surface area contributed by atoms with E-state index in [9.17, 15) is 9.59 Å². The molecule has 8 nitrogen and oxygen atoms in total. The Bertz CT molecular complexity index is 829. The van der Waals surface area contributed by atoms with Crippen LogP contribution in [0.4, 0.5) is 0 Å². The highest BCUT2D eigenvalue weighted by Crippen LogP contribution is 2.22. The van der Waals surface area contributed by atoms with Crippen LogP contribution in [0.1, 0.15) is 23.4 Å². The minimum Gasteiger partial charge on any atom is -0.496 e. The van der Waals surface area contributed by atoms with Crippen LogP contribution in [0.25, 0.3) is 0 Å². The predicted molar refractivity (Wildman–Crippen MR) is 105 cm³/mol. The highest BCUT2D eigenvalue weighted by atomic mass is 16.5. The number of carbonyl (C=O) groups excluding carboxylic acids is 2. The van der Waals surface area contributed by atoms with Crippen LogP contribution in [0.5, 0.6) is 5.75 Å². The van der Waals surface area contributed by atoms with E-state index in [-0.39, 0.29) is 18.2 Å². The molecule has 2 amide bonds. The molecule has 0 aliphatic carbocycles. The minimum absolute atomic E-state index is 0.104. The molecule has 1 aromatic carbocycles. The maximum atomic E-state index is 12.5. The molecule has 1 aliphatic heterocycles. The van der Waals surface area contributed by atoms with Crippen LogP contribution in [0.3, 0.4) is 0 Å². The van der Waals surface area contributed by atoms with Gasteiger partial charge >= 0.3 is 0 Å². The van der Waals surface area contributed by atoms with Gasteiger partial charge in [0, 0.05) is 37.9 Å². The number of methoxy groups -OCH3 is 1. The van der Waals surface area contributed by atoms with Crippen molar-refractivity contribution in [3.8, 4) is 5.75 Å². The smallest absolute Gasteiger partial charge is 0.237 e. The van der Waals surface area contributed by atoms with Gasteiger partial charge in [0.15, 0.2) is 0 Å². The number of carbonyl (C=O) groups is 2. The Morgan fingerprint density at radius 1 is 1.39 bits per heavy atom. The van der Waals surface area contributed by atoms with Gasteiger partial charge in [-0.2, -0.15) is 5.10 Å².